The summed E-state index contributed by atoms with van der Waals surface area (Å²) in [5, 5.41) is 13.7. The fraction of sp³-hybridized carbons (Fsp3) is 0.294. The fourth-order valence-corrected chi connectivity index (χ4v) is 10.7. The molecule has 0 saturated heterocycles. The van der Waals surface area contributed by atoms with Crippen molar-refractivity contribution >= 4 is 59.8 Å². The summed E-state index contributed by atoms with van der Waals surface area (Å²) in [4.78, 5) is 0. The summed E-state index contributed by atoms with van der Waals surface area (Å²) in [6.07, 6.45) is 0. The minimum Gasteiger partial charge on any atom is -0.354 e. The molecule has 1 heterocycles. The van der Waals surface area contributed by atoms with E-state index in [2.05, 4.69) is 139 Å². The van der Waals surface area contributed by atoms with Gasteiger partial charge in [0.15, 0.2) is 0 Å². The molecule has 5 rings (SSSR count). The highest BCUT2D eigenvalue weighted by Crippen LogP contribution is 2.48. The quantitative estimate of drug-likeness (QED) is 0.251. The largest absolute Gasteiger partial charge is 0.354 e. The van der Waals surface area contributed by atoms with Crippen molar-refractivity contribution in [2.45, 2.75) is 66.7 Å². The summed E-state index contributed by atoms with van der Waals surface area (Å²) in [7, 11) is -1.23. The molecule has 0 bridgehead atoms. The molecular formula is C34H40N2P2. The van der Waals surface area contributed by atoms with Crippen molar-refractivity contribution in [1.29, 1.82) is 0 Å². The van der Waals surface area contributed by atoms with Gasteiger partial charge in [-0.2, -0.15) is 0 Å². The highest BCUT2D eigenvalue weighted by molar-refractivity contribution is 7.74. The number of rotatable bonds is 2. The van der Waals surface area contributed by atoms with Crippen molar-refractivity contribution in [2.24, 2.45) is 0 Å². The molecule has 0 atom stereocenters. The van der Waals surface area contributed by atoms with Gasteiger partial charge in [0, 0.05) is 44.0 Å². The molecule has 0 unspecified atom stereocenters. The summed E-state index contributed by atoms with van der Waals surface area (Å²) in [6, 6.07) is 28.0. The van der Waals surface area contributed by atoms with Crippen LogP contribution in [0.2, 0.25) is 0 Å². The van der Waals surface area contributed by atoms with Gasteiger partial charge in [-0.05, 0) is 101 Å². The van der Waals surface area contributed by atoms with E-state index in [0.29, 0.717) is 11.3 Å². The molecule has 4 heteroatoms. The minimum atomic E-state index is -0.617. The lowest BCUT2D eigenvalue weighted by molar-refractivity contribution is 1.10. The fourth-order valence-electron chi connectivity index (χ4n) is 5.50. The Morgan fingerprint density at radius 2 is 0.658 bits per heavy atom. The van der Waals surface area contributed by atoms with E-state index in [-0.39, 0.29) is 0 Å². The second kappa shape index (κ2) is 10.8. The van der Waals surface area contributed by atoms with Gasteiger partial charge in [-0.1, -0.05) is 76.2 Å². The van der Waals surface area contributed by atoms with E-state index < -0.39 is 15.8 Å². The molecule has 2 N–H and O–H groups in total. The molecule has 1 aliphatic heterocycles. The monoisotopic (exact) mass is 538 g/mol. The molecule has 196 valence electrons. The molecule has 1 aliphatic rings. The van der Waals surface area contributed by atoms with Crippen LogP contribution in [0.15, 0.2) is 72.8 Å². The molecule has 0 aliphatic carbocycles. The zero-order valence-electron chi connectivity index (χ0n) is 24.0. The molecule has 0 fully saturated rings. The van der Waals surface area contributed by atoms with Crippen LogP contribution >= 0.6 is 15.8 Å². The average molecular weight is 539 g/mol. The standard InChI is InChI=1S/C34H40N2P2/c1-21(2)37-31-13-9-23(5)17-27(31)35-29-19-25(7)11-15-33(29)38(22(3)4)34-16-12-26(8)20-30(34)36-28-18-24(6)10-14-32(28)37/h9-22,35-36H,1-8H3. The van der Waals surface area contributed by atoms with Crippen LogP contribution in [-0.4, -0.2) is 11.3 Å². The van der Waals surface area contributed by atoms with Crippen molar-refractivity contribution in [3.63, 3.8) is 0 Å². The summed E-state index contributed by atoms with van der Waals surface area (Å²) in [6.45, 7) is 18.3. The summed E-state index contributed by atoms with van der Waals surface area (Å²) >= 11 is 0. The molecule has 4 aromatic rings. The molecule has 2 nitrogen and oxygen atoms in total. The Morgan fingerprint density at radius 3 is 0.868 bits per heavy atom. The SMILES string of the molecule is Cc1ccc2c(c1)Nc1cc(C)ccc1P(C(C)C)c1ccc(C)cc1Nc1cc(C)ccc1P2C(C)C. The van der Waals surface area contributed by atoms with Crippen LogP contribution < -0.4 is 31.9 Å². The highest BCUT2D eigenvalue weighted by atomic mass is 31.1. The van der Waals surface area contributed by atoms with Crippen molar-refractivity contribution in [2.75, 3.05) is 10.6 Å². The molecule has 0 aromatic heterocycles. The zero-order chi connectivity index (χ0) is 27.1. The van der Waals surface area contributed by atoms with Gasteiger partial charge in [0.05, 0.1) is 0 Å². The Hall–Kier alpha value is -2.66. The van der Waals surface area contributed by atoms with Gasteiger partial charge >= 0.3 is 0 Å². The maximum Gasteiger partial charge on any atom is 0.0468 e. The van der Waals surface area contributed by atoms with Gasteiger partial charge in [0.1, 0.15) is 0 Å². The van der Waals surface area contributed by atoms with Crippen molar-refractivity contribution in [3.8, 4) is 0 Å². The van der Waals surface area contributed by atoms with Gasteiger partial charge in [-0.25, -0.2) is 0 Å². The number of hydrogen-bond donors (Lipinski definition) is 2. The van der Waals surface area contributed by atoms with Crippen LogP contribution in [0.4, 0.5) is 22.7 Å². The molecule has 0 amide bonds. The topological polar surface area (TPSA) is 24.1 Å². The lowest BCUT2D eigenvalue weighted by atomic mass is 10.2. The number of aryl methyl sites for hydroxylation is 4. The maximum atomic E-state index is 4.01. The third-order valence-corrected chi connectivity index (χ3v) is 12.9. The van der Waals surface area contributed by atoms with Gasteiger partial charge in [-0.15, -0.1) is 0 Å². The summed E-state index contributed by atoms with van der Waals surface area (Å²) in [5.41, 5.74) is 11.1. The van der Waals surface area contributed by atoms with E-state index >= 15 is 0 Å². The summed E-state index contributed by atoms with van der Waals surface area (Å²) in [5.74, 6) is 0. The van der Waals surface area contributed by atoms with Crippen molar-refractivity contribution in [1.82, 2.24) is 0 Å². The Labute approximate surface area is 231 Å². The lowest BCUT2D eigenvalue weighted by Crippen LogP contribution is -2.27. The predicted octanol–water partition coefficient (Wildman–Crippen LogP) is 8.40. The number of nitrogens with one attached hydrogen (secondary N) is 2. The number of benzene rings is 4. The second-order valence-corrected chi connectivity index (χ2v) is 16.7. The Bertz CT molecular complexity index is 1270. The second-order valence-electron chi connectivity index (χ2n) is 11.3. The number of fused-ring (bicyclic) bond motifs is 4. The third kappa shape index (κ3) is 5.27. The highest BCUT2D eigenvalue weighted by Gasteiger charge is 2.28. The predicted molar refractivity (Wildman–Crippen MR) is 174 cm³/mol. The van der Waals surface area contributed by atoms with Gasteiger partial charge in [0.25, 0.3) is 0 Å². The lowest BCUT2D eigenvalue weighted by Gasteiger charge is -2.32. The Kier molecular flexibility index (Phi) is 7.68. The summed E-state index contributed by atoms with van der Waals surface area (Å²) < 4.78 is 0. The minimum absolute atomic E-state index is 0.487. The molecule has 0 saturated carbocycles. The first-order valence-electron chi connectivity index (χ1n) is 13.7. The molecule has 4 aromatic carbocycles. The first-order valence-corrected chi connectivity index (χ1v) is 16.5. The van der Waals surface area contributed by atoms with Crippen LogP contribution in [0, 0.1) is 27.7 Å². The number of anilines is 4. The molecular weight excluding hydrogens is 498 g/mol. The van der Waals surface area contributed by atoms with Crippen molar-refractivity contribution < 1.29 is 0 Å². The van der Waals surface area contributed by atoms with E-state index in [1.165, 1.54) is 66.2 Å². The van der Waals surface area contributed by atoms with E-state index in [9.17, 15) is 0 Å². The van der Waals surface area contributed by atoms with E-state index in [1.807, 2.05) is 0 Å². The Balaban J connectivity index is 1.88. The van der Waals surface area contributed by atoms with Crippen LogP contribution in [0.1, 0.15) is 49.9 Å². The first-order chi connectivity index (χ1) is 18.1. The smallest absolute Gasteiger partial charge is 0.0468 e. The van der Waals surface area contributed by atoms with Crippen LogP contribution in [0.5, 0.6) is 0 Å². The normalized spacial score (nSPS) is 16.8. The van der Waals surface area contributed by atoms with Gasteiger partial charge < -0.3 is 10.6 Å². The number of hydrogen-bond acceptors (Lipinski definition) is 2. The van der Waals surface area contributed by atoms with Gasteiger partial charge in [0.2, 0.25) is 0 Å². The third-order valence-electron chi connectivity index (χ3n) is 7.22. The Morgan fingerprint density at radius 1 is 0.421 bits per heavy atom. The van der Waals surface area contributed by atoms with E-state index in [1.54, 1.807) is 0 Å². The molecule has 0 radical (unpaired) electrons. The van der Waals surface area contributed by atoms with Crippen LogP contribution in [0.25, 0.3) is 0 Å². The zero-order valence-corrected chi connectivity index (χ0v) is 25.8. The van der Waals surface area contributed by atoms with Gasteiger partial charge in [-0.3, -0.25) is 0 Å². The maximum absolute atomic E-state index is 4.01. The van der Waals surface area contributed by atoms with Crippen LogP contribution in [-0.2, 0) is 0 Å². The van der Waals surface area contributed by atoms with Crippen LogP contribution in [0.3, 0.4) is 0 Å². The molecule has 38 heavy (non-hydrogen) atoms. The van der Waals surface area contributed by atoms with E-state index in [4.69, 9.17) is 0 Å². The molecule has 0 spiro atoms. The first kappa shape index (κ1) is 26.9. The average Bonchev–Trinajstić information content (AvgIpc) is 2.83. The van der Waals surface area contributed by atoms with Crippen molar-refractivity contribution in [3.05, 3.63) is 95.1 Å². The van der Waals surface area contributed by atoms with E-state index in [0.717, 1.165) is 0 Å².